The summed E-state index contributed by atoms with van der Waals surface area (Å²) in [5.74, 6) is -1.09. The molecule has 0 saturated heterocycles. The Morgan fingerprint density at radius 3 is 2.70 bits per heavy atom. The molecule has 1 aliphatic carbocycles. The maximum absolute atomic E-state index is 13.7. The van der Waals surface area contributed by atoms with Crippen LogP contribution in [0, 0.1) is 11.6 Å². The van der Waals surface area contributed by atoms with Crippen molar-refractivity contribution in [3.8, 4) is 0 Å². The maximum Gasteiger partial charge on any atom is 0.149 e. The van der Waals surface area contributed by atoms with Crippen molar-refractivity contribution >= 4 is 17.0 Å². The van der Waals surface area contributed by atoms with Crippen molar-refractivity contribution in [3.63, 3.8) is 0 Å². The van der Waals surface area contributed by atoms with Crippen molar-refractivity contribution in [2.24, 2.45) is 0 Å². The first-order chi connectivity index (χ1) is 9.63. The van der Waals surface area contributed by atoms with Crippen molar-refractivity contribution in [2.75, 3.05) is 5.32 Å². The molecular weight excluding hydrogens is 276 g/mol. The molecule has 0 fully saturated rings. The lowest BCUT2D eigenvalue weighted by molar-refractivity contribution is 0.584. The Morgan fingerprint density at radius 2 is 1.95 bits per heavy atom. The molecule has 1 N–H and O–H groups in total. The van der Waals surface area contributed by atoms with Gasteiger partial charge in [0.05, 0.1) is 11.7 Å². The Labute approximate surface area is 121 Å². The molecule has 1 unspecified atom stereocenters. The number of fused-ring (bicyclic) bond motifs is 1. The number of hydrogen-bond donors (Lipinski definition) is 1. The highest BCUT2D eigenvalue weighted by molar-refractivity contribution is 7.12. The first kappa shape index (κ1) is 13.6. The molecule has 3 rings (SSSR count). The lowest BCUT2D eigenvalue weighted by Crippen LogP contribution is -2.06. The second-order valence-corrected chi connectivity index (χ2v) is 6.46. The van der Waals surface area contributed by atoms with E-state index in [0.717, 1.165) is 18.9 Å². The fraction of sp³-hybridized carbons (Fsp3) is 0.375. The molecule has 1 atom stereocenters. The number of rotatable bonds is 3. The molecule has 20 heavy (non-hydrogen) atoms. The lowest BCUT2D eigenvalue weighted by atomic mass is 9.99. The summed E-state index contributed by atoms with van der Waals surface area (Å²) in [5.41, 5.74) is 1.80. The molecule has 0 spiro atoms. The van der Waals surface area contributed by atoms with E-state index < -0.39 is 11.6 Å². The van der Waals surface area contributed by atoms with Gasteiger partial charge in [0.1, 0.15) is 11.6 Å². The minimum atomic E-state index is -0.549. The largest absolute Gasteiger partial charge is 0.375 e. The Morgan fingerprint density at radius 1 is 1.15 bits per heavy atom. The Hall–Kier alpha value is -1.42. The van der Waals surface area contributed by atoms with E-state index in [2.05, 4.69) is 11.4 Å². The van der Waals surface area contributed by atoms with Crippen molar-refractivity contribution in [1.29, 1.82) is 0 Å². The van der Waals surface area contributed by atoms with Gasteiger partial charge < -0.3 is 5.32 Å². The Bertz CT molecular complexity index is 597. The SMILES string of the molecule is CC(Nc1ccc(F)cc1F)c1cc2c(s1)CCCC2. The maximum atomic E-state index is 13.7. The number of anilines is 1. The summed E-state index contributed by atoms with van der Waals surface area (Å²) in [6.45, 7) is 2.01. The minimum absolute atomic E-state index is 0.0329. The molecule has 1 aromatic heterocycles. The molecule has 1 aliphatic rings. The lowest BCUT2D eigenvalue weighted by Gasteiger charge is -2.14. The van der Waals surface area contributed by atoms with Gasteiger partial charge in [-0.2, -0.15) is 0 Å². The summed E-state index contributed by atoms with van der Waals surface area (Å²) in [6.07, 6.45) is 4.85. The highest BCUT2D eigenvalue weighted by Crippen LogP contribution is 2.34. The van der Waals surface area contributed by atoms with E-state index in [-0.39, 0.29) is 6.04 Å². The summed E-state index contributed by atoms with van der Waals surface area (Å²) in [4.78, 5) is 2.69. The predicted molar refractivity (Wildman–Crippen MR) is 79.4 cm³/mol. The van der Waals surface area contributed by atoms with E-state index >= 15 is 0 Å². The Balaban J connectivity index is 1.78. The number of hydrogen-bond acceptors (Lipinski definition) is 2. The number of benzene rings is 1. The van der Waals surface area contributed by atoms with Crippen LogP contribution in [0.3, 0.4) is 0 Å². The fourth-order valence-electron chi connectivity index (χ4n) is 2.64. The zero-order valence-electron chi connectivity index (χ0n) is 11.4. The first-order valence-electron chi connectivity index (χ1n) is 6.96. The van der Waals surface area contributed by atoms with Crippen molar-refractivity contribution in [2.45, 2.75) is 38.6 Å². The molecule has 4 heteroatoms. The van der Waals surface area contributed by atoms with E-state index in [9.17, 15) is 8.78 Å². The summed E-state index contributed by atoms with van der Waals surface area (Å²) >= 11 is 1.81. The molecule has 1 heterocycles. The van der Waals surface area contributed by atoms with Crippen LogP contribution in [-0.2, 0) is 12.8 Å². The van der Waals surface area contributed by atoms with Crippen LogP contribution in [0.2, 0.25) is 0 Å². The average molecular weight is 293 g/mol. The van der Waals surface area contributed by atoms with Crippen molar-refractivity contribution in [1.82, 2.24) is 0 Å². The molecule has 0 aliphatic heterocycles. The van der Waals surface area contributed by atoms with Gasteiger partial charge in [0, 0.05) is 15.8 Å². The van der Waals surface area contributed by atoms with Gasteiger partial charge in [-0.1, -0.05) is 0 Å². The Kier molecular flexibility index (Phi) is 3.74. The number of halogens is 2. The number of nitrogens with one attached hydrogen (secondary N) is 1. The van der Waals surface area contributed by atoms with Crippen LogP contribution >= 0.6 is 11.3 Å². The zero-order chi connectivity index (χ0) is 14.1. The second kappa shape index (κ2) is 5.52. The van der Waals surface area contributed by atoms with Gasteiger partial charge in [0.2, 0.25) is 0 Å². The molecule has 2 aromatic rings. The highest BCUT2D eigenvalue weighted by atomic mass is 32.1. The van der Waals surface area contributed by atoms with E-state index in [1.54, 1.807) is 0 Å². The van der Waals surface area contributed by atoms with Crippen LogP contribution in [0.5, 0.6) is 0 Å². The van der Waals surface area contributed by atoms with Gasteiger partial charge in [-0.05, 0) is 56.4 Å². The van der Waals surface area contributed by atoms with E-state index in [4.69, 9.17) is 0 Å². The molecule has 0 amide bonds. The third kappa shape index (κ3) is 2.70. The standard InChI is InChI=1S/C16H17F2NS/c1-10(19-14-7-6-12(17)9-13(14)18)16-8-11-4-2-3-5-15(11)20-16/h6-10,19H,2-5H2,1H3. The van der Waals surface area contributed by atoms with E-state index in [1.165, 1.54) is 40.3 Å². The van der Waals surface area contributed by atoms with Crippen molar-refractivity contribution in [3.05, 3.63) is 51.2 Å². The molecule has 106 valence electrons. The monoisotopic (exact) mass is 293 g/mol. The second-order valence-electron chi connectivity index (χ2n) is 5.29. The third-order valence-corrected chi connectivity index (χ3v) is 5.17. The van der Waals surface area contributed by atoms with Crippen LogP contribution in [0.1, 0.15) is 41.1 Å². The normalized spacial score (nSPS) is 15.8. The summed E-state index contributed by atoms with van der Waals surface area (Å²) < 4.78 is 26.6. The third-order valence-electron chi connectivity index (χ3n) is 3.75. The summed E-state index contributed by atoms with van der Waals surface area (Å²) in [5, 5.41) is 3.13. The average Bonchev–Trinajstić information content (AvgIpc) is 2.86. The molecule has 0 radical (unpaired) electrons. The van der Waals surface area contributed by atoms with Crippen LogP contribution in [0.25, 0.3) is 0 Å². The van der Waals surface area contributed by atoms with Crippen LogP contribution < -0.4 is 5.32 Å². The molecule has 1 aromatic carbocycles. The number of aryl methyl sites for hydroxylation is 2. The molecule has 1 nitrogen and oxygen atoms in total. The zero-order valence-corrected chi connectivity index (χ0v) is 12.2. The molecular formula is C16H17F2NS. The first-order valence-corrected chi connectivity index (χ1v) is 7.78. The van der Waals surface area contributed by atoms with Crippen LogP contribution in [-0.4, -0.2) is 0 Å². The molecule has 0 saturated carbocycles. The van der Waals surface area contributed by atoms with Gasteiger partial charge >= 0.3 is 0 Å². The van der Waals surface area contributed by atoms with E-state index in [1.807, 2.05) is 18.3 Å². The van der Waals surface area contributed by atoms with Crippen LogP contribution in [0.4, 0.5) is 14.5 Å². The van der Waals surface area contributed by atoms with Crippen molar-refractivity contribution < 1.29 is 8.78 Å². The summed E-state index contributed by atoms with van der Waals surface area (Å²) in [6, 6.07) is 5.91. The highest BCUT2D eigenvalue weighted by Gasteiger charge is 2.17. The van der Waals surface area contributed by atoms with Crippen LogP contribution in [0.15, 0.2) is 24.3 Å². The smallest absolute Gasteiger partial charge is 0.149 e. The van der Waals surface area contributed by atoms with Gasteiger partial charge in [0.15, 0.2) is 0 Å². The number of thiophene rings is 1. The van der Waals surface area contributed by atoms with Gasteiger partial charge in [-0.25, -0.2) is 8.78 Å². The topological polar surface area (TPSA) is 12.0 Å². The van der Waals surface area contributed by atoms with E-state index in [0.29, 0.717) is 5.69 Å². The summed E-state index contributed by atoms with van der Waals surface area (Å²) in [7, 11) is 0. The van der Waals surface area contributed by atoms with Gasteiger partial charge in [0.25, 0.3) is 0 Å². The van der Waals surface area contributed by atoms with Gasteiger partial charge in [-0.15, -0.1) is 11.3 Å². The molecule has 0 bridgehead atoms. The van der Waals surface area contributed by atoms with Gasteiger partial charge in [-0.3, -0.25) is 0 Å². The predicted octanol–water partition coefficient (Wildman–Crippen LogP) is 5.08. The minimum Gasteiger partial charge on any atom is -0.375 e. The quantitative estimate of drug-likeness (QED) is 0.832. The fourth-order valence-corrected chi connectivity index (χ4v) is 3.90.